The Kier molecular flexibility index (Phi) is 5.49. The van der Waals surface area contributed by atoms with Crippen molar-refractivity contribution in [3.63, 3.8) is 0 Å². The first-order valence-corrected chi connectivity index (χ1v) is 11.3. The zero-order valence-electron chi connectivity index (χ0n) is 18.9. The van der Waals surface area contributed by atoms with Crippen LogP contribution < -0.4 is 10.6 Å². The van der Waals surface area contributed by atoms with Gasteiger partial charge in [0.15, 0.2) is 17.0 Å². The zero-order valence-corrected chi connectivity index (χ0v) is 18.9. The van der Waals surface area contributed by atoms with Crippen LogP contribution in [0.2, 0.25) is 0 Å². The molecule has 3 aromatic heterocycles. The van der Waals surface area contributed by atoms with Crippen LogP contribution in [-0.2, 0) is 16.1 Å². The summed E-state index contributed by atoms with van der Waals surface area (Å²) in [5, 5.41) is 6.02. The molecule has 2 aliphatic rings. The van der Waals surface area contributed by atoms with Crippen molar-refractivity contribution in [2.45, 2.75) is 51.7 Å². The first kappa shape index (κ1) is 21.4. The molecule has 0 aromatic carbocycles. The van der Waals surface area contributed by atoms with Gasteiger partial charge < -0.3 is 9.88 Å². The number of nitrogens with one attached hydrogen (secondary N) is 2. The van der Waals surface area contributed by atoms with Gasteiger partial charge in [-0.05, 0) is 40.2 Å². The van der Waals surface area contributed by atoms with Crippen molar-refractivity contribution in [2.75, 3.05) is 18.9 Å². The van der Waals surface area contributed by atoms with E-state index in [1.807, 2.05) is 30.4 Å². The molecule has 3 aromatic rings. The fraction of sp³-hybridized carbons (Fsp3) is 0.500. The van der Waals surface area contributed by atoms with E-state index >= 15 is 0 Å². The van der Waals surface area contributed by atoms with Gasteiger partial charge in [0.1, 0.15) is 18.0 Å². The Labute approximate surface area is 191 Å². The molecule has 2 amide bonds. The van der Waals surface area contributed by atoms with Crippen molar-refractivity contribution in [2.24, 2.45) is 5.92 Å². The van der Waals surface area contributed by atoms with Gasteiger partial charge in [0.05, 0.1) is 11.6 Å². The van der Waals surface area contributed by atoms with Crippen LogP contribution in [0.4, 0.5) is 5.82 Å². The van der Waals surface area contributed by atoms with Crippen molar-refractivity contribution in [3.05, 3.63) is 24.5 Å². The van der Waals surface area contributed by atoms with Gasteiger partial charge in [0, 0.05) is 37.4 Å². The first-order valence-electron chi connectivity index (χ1n) is 11.3. The van der Waals surface area contributed by atoms with E-state index < -0.39 is 0 Å². The molecule has 1 saturated carbocycles. The largest absolute Gasteiger partial charge is 0.364 e. The molecule has 4 heterocycles. The quantitative estimate of drug-likeness (QED) is 0.532. The molecule has 172 valence electrons. The molecular formula is C22H27N9O2. The Morgan fingerprint density at radius 1 is 1.12 bits per heavy atom. The van der Waals surface area contributed by atoms with Crippen LogP contribution in [0.3, 0.4) is 0 Å². The monoisotopic (exact) mass is 449 g/mol. The molecule has 1 unspecified atom stereocenters. The minimum atomic E-state index is -0.365. The van der Waals surface area contributed by atoms with Crippen molar-refractivity contribution in [3.8, 4) is 11.4 Å². The number of anilines is 1. The van der Waals surface area contributed by atoms with E-state index in [1.54, 1.807) is 12.4 Å². The number of hydrogen-bond donors (Lipinski definition) is 2. The molecule has 2 N–H and O–H groups in total. The lowest BCUT2D eigenvalue weighted by Crippen LogP contribution is -2.44. The summed E-state index contributed by atoms with van der Waals surface area (Å²) in [6.45, 7) is 5.20. The van der Waals surface area contributed by atoms with Crippen molar-refractivity contribution in [1.82, 2.24) is 39.7 Å². The molecule has 11 nitrogen and oxygen atoms in total. The summed E-state index contributed by atoms with van der Waals surface area (Å²) in [5.74, 6) is 1.67. The third kappa shape index (κ3) is 4.15. The van der Waals surface area contributed by atoms with Gasteiger partial charge in [0.2, 0.25) is 11.8 Å². The predicted molar refractivity (Wildman–Crippen MR) is 121 cm³/mol. The van der Waals surface area contributed by atoms with Crippen LogP contribution in [-0.4, -0.2) is 71.9 Å². The molecule has 0 bridgehead atoms. The number of aromatic nitrogens is 6. The van der Waals surface area contributed by atoms with Gasteiger partial charge in [-0.2, -0.15) is 0 Å². The lowest BCUT2D eigenvalue weighted by Gasteiger charge is -2.17. The fourth-order valence-corrected chi connectivity index (χ4v) is 4.33. The van der Waals surface area contributed by atoms with Crippen molar-refractivity contribution >= 4 is 28.8 Å². The second kappa shape index (κ2) is 8.47. The molecule has 1 saturated heterocycles. The van der Waals surface area contributed by atoms with Crippen molar-refractivity contribution in [1.29, 1.82) is 0 Å². The molecule has 1 aliphatic heterocycles. The summed E-state index contributed by atoms with van der Waals surface area (Å²) in [4.78, 5) is 48.9. The molecule has 0 radical (unpaired) electrons. The summed E-state index contributed by atoms with van der Waals surface area (Å²) in [7, 11) is 1.89. The Balaban J connectivity index is 1.37. The molecule has 0 spiro atoms. The summed E-state index contributed by atoms with van der Waals surface area (Å²) >= 11 is 0. The molecule has 11 heteroatoms. The number of hydrogen-bond acceptors (Lipinski definition) is 9. The standard InChI is InChI=1S/C22H27N9O2/c1-4-31-19(14-8-23-12(2)24-9-14)28-17-18(25-11-26-20(17)31)27-15-7-16(30(3)10-15)22(33)29-21(32)13-5-6-13/h8-9,11,13,15-16H,4-7,10H2,1-3H3,(H,25,26,27)(H,29,32,33)/t15?,16-/m0/s1. The number of amides is 2. The maximum absolute atomic E-state index is 12.6. The van der Waals surface area contributed by atoms with E-state index in [2.05, 4.69) is 30.6 Å². The molecule has 2 fully saturated rings. The fourth-order valence-electron chi connectivity index (χ4n) is 4.33. The zero-order chi connectivity index (χ0) is 23.1. The normalized spacial score (nSPS) is 20.8. The summed E-state index contributed by atoms with van der Waals surface area (Å²) in [6, 6.07) is -0.381. The summed E-state index contributed by atoms with van der Waals surface area (Å²) in [6.07, 6.45) is 7.34. The van der Waals surface area contributed by atoms with Gasteiger partial charge in [0.25, 0.3) is 0 Å². The Bertz CT molecular complexity index is 1200. The van der Waals surface area contributed by atoms with E-state index in [0.717, 1.165) is 29.9 Å². The highest BCUT2D eigenvalue weighted by atomic mass is 16.2. The Morgan fingerprint density at radius 3 is 2.58 bits per heavy atom. The average Bonchev–Trinajstić information content (AvgIpc) is 3.49. The maximum Gasteiger partial charge on any atom is 0.243 e. The second-order valence-corrected chi connectivity index (χ2v) is 8.75. The number of fused-ring (bicyclic) bond motifs is 1. The first-order chi connectivity index (χ1) is 15.9. The van der Waals surface area contributed by atoms with E-state index in [-0.39, 0.29) is 29.8 Å². The predicted octanol–water partition coefficient (Wildman–Crippen LogP) is 1.15. The molecule has 2 atom stereocenters. The lowest BCUT2D eigenvalue weighted by molar-refractivity contribution is -0.133. The number of carbonyl (C=O) groups is 2. The molecule has 5 rings (SSSR count). The van der Waals surface area contributed by atoms with Gasteiger partial charge >= 0.3 is 0 Å². The number of imidazole rings is 1. The average molecular weight is 450 g/mol. The van der Waals surface area contributed by atoms with Crippen molar-refractivity contribution < 1.29 is 9.59 Å². The molecule has 1 aliphatic carbocycles. The van der Waals surface area contributed by atoms with Gasteiger partial charge in [-0.25, -0.2) is 24.9 Å². The Hall–Kier alpha value is -3.47. The highest BCUT2D eigenvalue weighted by Crippen LogP contribution is 2.30. The van der Waals surface area contributed by atoms with Crippen LogP contribution in [0.5, 0.6) is 0 Å². The van der Waals surface area contributed by atoms with Crippen LogP contribution >= 0.6 is 0 Å². The lowest BCUT2D eigenvalue weighted by atomic mass is 10.1. The van der Waals surface area contributed by atoms with E-state index in [9.17, 15) is 9.59 Å². The number of nitrogens with zero attached hydrogens (tertiary/aromatic N) is 7. The van der Waals surface area contributed by atoms with Gasteiger partial charge in [-0.1, -0.05) is 0 Å². The number of imide groups is 1. The smallest absolute Gasteiger partial charge is 0.243 e. The van der Waals surface area contributed by atoms with Crippen LogP contribution in [0, 0.1) is 12.8 Å². The third-order valence-electron chi connectivity index (χ3n) is 6.27. The minimum Gasteiger partial charge on any atom is -0.364 e. The van der Waals surface area contributed by atoms with Crippen LogP contribution in [0.15, 0.2) is 18.7 Å². The number of carbonyl (C=O) groups excluding carboxylic acids is 2. The summed E-state index contributed by atoms with van der Waals surface area (Å²) < 4.78 is 2.01. The third-order valence-corrected chi connectivity index (χ3v) is 6.27. The van der Waals surface area contributed by atoms with E-state index in [0.29, 0.717) is 36.7 Å². The number of likely N-dealkylation sites (N-methyl/N-ethyl adjacent to an activating group) is 1. The van der Waals surface area contributed by atoms with Crippen LogP contribution in [0.1, 0.15) is 32.0 Å². The second-order valence-electron chi connectivity index (χ2n) is 8.75. The SMILES string of the molecule is CCn1c(-c2cnc(C)nc2)nc2c(NC3C[C@@H](C(=O)NC(=O)C4CC4)N(C)C3)ncnc21. The topological polar surface area (TPSA) is 131 Å². The number of rotatable bonds is 6. The summed E-state index contributed by atoms with van der Waals surface area (Å²) in [5.41, 5.74) is 2.19. The number of aryl methyl sites for hydroxylation is 2. The molecular weight excluding hydrogens is 422 g/mol. The van der Waals surface area contributed by atoms with Crippen LogP contribution in [0.25, 0.3) is 22.6 Å². The van der Waals surface area contributed by atoms with Gasteiger partial charge in [-0.15, -0.1) is 0 Å². The minimum absolute atomic E-state index is 0.00526. The number of likely N-dealkylation sites (tertiary alicyclic amines) is 1. The molecule has 33 heavy (non-hydrogen) atoms. The van der Waals surface area contributed by atoms with Gasteiger partial charge in [-0.3, -0.25) is 19.8 Å². The maximum atomic E-state index is 12.6. The highest BCUT2D eigenvalue weighted by Gasteiger charge is 2.38. The van der Waals surface area contributed by atoms with E-state index in [1.165, 1.54) is 6.33 Å². The van der Waals surface area contributed by atoms with E-state index in [4.69, 9.17) is 4.98 Å². The Morgan fingerprint density at radius 2 is 1.88 bits per heavy atom. The highest BCUT2D eigenvalue weighted by molar-refractivity contribution is 5.99.